The largest absolute Gasteiger partial charge is 0.508 e. The van der Waals surface area contributed by atoms with Crippen molar-refractivity contribution in [2.75, 3.05) is 0 Å². The number of benzene rings is 2. The van der Waals surface area contributed by atoms with Gasteiger partial charge in [0.2, 0.25) is 0 Å². The van der Waals surface area contributed by atoms with Crippen LogP contribution in [0.25, 0.3) is 22.5 Å². The van der Waals surface area contributed by atoms with Crippen molar-refractivity contribution in [2.24, 2.45) is 7.05 Å². The van der Waals surface area contributed by atoms with Gasteiger partial charge in [0, 0.05) is 41.1 Å². The maximum absolute atomic E-state index is 9.48. The standard InChI is InChI=1S/C19H13ClN6O/c1-26-11-15(10-21-26)17-8-14(19-22-24-25-23-19)5-3-12(17)2-4-13-6-7-16(27)9-18(13)20/h3,5-11,27H,1H3,(H,22,23,24,25). The SMILES string of the molecule is Cn1cc(-c2cc(-c3nnn[nH]3)ccc2C#Cc2ccc(O)cc2Cl)cn1. The third-order valence-electron chi connectivity index (χ3n) is 3.94. The van der Waals surface area contributed by atoms with E-state index in [9.17, 15) is 5.11 Å². The summed E-state index contributed by atoms with van der Waals surface area (Å²) >= 11 is 6.15. The summed E-state index contributed by atoms with van der Waals surface area (Å²) in [6, 6.07) is 10.5. The van der Waals surface area contributed by atoms with Crippen molar-refractivity contribution >= 4 is 11.6 Å². The summed E-state index contributed by atoms with van der Waals surface area (Å²) in [5.74, 6) is 6.89. The van der Waals surface area contributed by atoms with Crippen LogP contribution in [-0.4, -0.2) is 35.5 Å². The Balaban J connectivity index is 1.82. The molecule has 0 amide bonds. The third kappa shape index (κ3) is 3.52. The van der Waals surface area contributed by atoms with Crippen LogP contribution in [0.3, 0.4) is 0 Å². The molecule has 0 saturated carbocycles. The number of halogens is 1. The predicted molar refractivity (Wildman–Crippen MR) is 101 cm³/mol. The molecular formula is C19H13ClN6O. The molecule has 0 saturated heterocycles. The number of nitrogens with zero attached hydrogens (tertiary/aromatic N) is 5. The van der Waals surface area contributed by atoms with Gasteiger partial charge < -0.3 is 5.11 Å². The molecule has 0 unspecified atom stereocenters. The van der Waals surface area contributed by atoms with Crippen molar-refractivity contribution < 1.29 is 5.11 Å². The first-order valence-electron chi connectivity index (χ1n) is 7.98. The van der Waals surface area contributed by atoms with Crippen LogP contribution in [0, 0.1) is 11.8 Å². The van der Waals surface area contributed by atoms with E-state index < -0.39 is 0 Å². The van der Waals surface area contributed by atoms with Crippen LogP contribution < -0.4 is 0 Å². The lowest BCUT2D eigenvalue weighted by Crippen LogP contribution is -1.89. The summed E-state index contributed by atoms with van der Waals surface area (Å²) in [6.07, 6.45) is 3.69. The second-order valence-corrected chi connectivity index (χ2v) is 6.23. The minimum absolute atomic E-state index is 0.103. The van der Waals surface area contributed by atoms with Gasteiger partial charge in [0.1, 0.15) is 5.75 Å². The number of phenolic OH excluding ortho intramolecular Hbond substituents is 1. The quantitative estimate of drug-likeness (QED) is 0.524. The van der Waals surface area contributed by atoms with Crippen LogP contribution in [-0.2, 0) is 7.05 Å². The molecule has 0 spiro atoms. The molecule has 2 aromatic carbocycles. The van der Waals surface area contributed by atoms with E-state index in [-0.39, 0.29) is 5.75 Å². The summed E-state index contributed by atoms with van der Waals surface area (Å²) in [5, 5.41) is 28.1. The first-order valence-corrected chi connectivity index (χ1v) is 8.35. The molecular weight excluding hydrogens is 364 g/mol. The summed E-state index contributed by atoms with van der Waals surface area (Å²) in [6.45, 7) is 0. The zero-order chi connectivity index (χ0) is 18.8. The van der Waals surface area contributed by atoms with E-state index >= 15 is 0 Å². The van der Waals surface area contributed by atoms with E-state index in [2.05, 4.69) is 37.6 Å². The maximum Gasteiger partial charge on any atom is 0.179 e. The number of tetrazole rings is 1. The van der Waals surface area contributed by atoms with E-state index in [0.717, 1.165) is 22.3 Å². The van der Waals surface area contributed by atoms with Gasteiger partial charge in [-0.1, -0.05) is 23.4 Å². The minimum Gasteiger partial charge on any atom is -0.508 e. The number of rotatable bonds is 2. The van der Waals surface area contributed by atoms with Gasteiger partial charge in [0.05, 0.1) is 11.2 Å². The molecule has 0 bridgehead atoms. The van der Waals surface area contributed by atoms with Gasteiger partial charge in [-0.3, -0.25) is 4.68 Å². The predicted octanol–water partition coefficient (Wildman–Crippen LogP) is 3.03. The van der Waals surface area contributed by atoms with Gasteiger partial charge in [-0.2, -0.15) is 5.10 Å². The summed E-state index contributed by atoms with van der Waals surface area (Å²) < 4.78 is 1.73. The summed E-state index contributed by atoms with van der Waals surface area (Å²) in [4.78, 5) is 0. The van der Waals surface area contributed by atoms with Gasteiger partial charge in [-0.15, -0.1) is 5.10 Å². The number of aromatic nitrogens is 6. The lowest BCUT2D eigenvalue weighted by molar-refractivity contribution is 0.475. The average molecular weight is 377 g/mol. The summed E-state index contributed by atoms with van der Waals surface area (Å²) in [5.41, 5.74) is 4.11. The average Bonchev–Trinajstić information content (AvgIpc) is 3.33. The Morgan fingerprint density at radius 1 is 1.07 bits per heavy atom. The van der Waals surface area contributed by atoms with Crippen LogP contribution in [0.4, 0.5) is 0 Å². The fourth-order valence-corrected chi connectivity index (χ4v) is 2.84. The molecule has 0 atom stereocenters. The Morgan fingerprint density at radius 2 is 1.89 bits per heavy atom. The number of phenols is 1. The van der Waals surface area contributed by atoms with Gasteiger partial charge in [0.25, 0.3) is 0 Å². The third-order valence-corrected chi connectivity index (χ3v) is 4.25. The van der Waals surface area contributed by atoms with Gasteiger partial charge in [-0.25, -0.2) is 5.10 Å². The fraction of sp³-hybridized carbons (Fsp3) is 0.0526. The number of hydrogen-bond acceptors (Lipinski definition) is 5. The lowest BCUT2D eigenvalue weighted by atomic mass is 9.99. The zero-order valence-electron chi connectivity index (χ0n) is 14.2. The highest BCUT2D eigenvalue weighted by Crippen LogP contribution is 2.28. The number of H-pyrrole nitrogens is 1. The molecule has 0 fully saturated rings. The van der Waals surface area contributed by atoms with Crippen LogP contribution in [0.1, 0.15) is 11.1 Å². The van der Waals surface area contributed by atoms with Crippen LogP contribution in [0.5, 0.6) is 5.75 Å². The molecule has 0 aliphatic heterocycles. The van der Waals surface area contributed by atoms with Crippen molar-refractivity contribution in [1.29, 1.82) is 0 Å². The van der Waals surface area contributed by atoms with E-state index in [1.807, 2.05) is 31.4 Å². The van der Waals surface area contributed by atoms with Gasteiger partial charge in [0.15, 0.2) is 5.82 Å². The fourth-order valence-electron chi connectivity index (χ4n) is 2.62. The second kappa shape index (κ2) is 6.94. The zero-order valence-corrected chi connectivity index (χ0v) is 14.9. The molecule has 132 valence electrons. The maximum atomic E-state index is 9.48. The van der Waals surface area contributed by atoms with Crippen LogP contribution in [0.15, 0.2) is 48.8 Å². The van der Waals surface area contributed by atoms with Crippen molar-refractivity contribution in [1.82, 2.24) is 30.4 Å². The smallest absolute Gasteiger partial charge is 0.179 e. The normalized spacial score (nSPS) is 10.4. The molecule has 4 aromatic rings. The molecule has 0 aliphatic carbocycles. The molecule has 8 heteroatoms. The van der Waals surface area contributed by atoms with Crippen molar-refractivity contribution in [3.8, 4) is 40.1 Å². The van der Waals surface area contributed by atoms with Crippen molar-refractivity contribution in [3.63, 3.8) is 0 Å². The highest BCUT2D eigenvalue weighted by atomic mass is 35.5. The Bertz CT molecular complexity index is 1170. The topological polar surface area (TPSA) is 92.5 Å². The number of aromatic amines is 1. The molecule has 27 heavy (non-hydrogen) atoms. The minimum atomic E-state index is 0.103. The first-order chi connectivity index (χ1) is 13.1. The lowest BCUT2D eigenvalue weighted by Gasteiger charge is -2.05. The van der Waals surface area contributed by atoms with Crippen LogP contribution >= 0.6 is 11.6 Å². The monoisotopic (exact) mass is 376 g/mol. The van der Waals surface area contributed by atoms with Crippen LogP contribution in [0.2, 0.25) is 5.02 Å². The Hall–Kier alpha value is -3.63. The van der Waals surface area contributed by atoms with Crippen molar-refractivity contribution in [3.05, 3.63) is 64.9 Å². The van der Waals surface area contributed by atoms with Crippen molar-refractivity contribution in [2.45, 2.75) is 0 Å². The molecule has 2 heterocycles. The van der Waals surface area contributed by atoms with E-state index in [4.69, 9.17) is 11.6 Å². The number of hydrogen-bond donors (Lipinski definition) is 2. The number of aromatic hydroxyl groups is 1. The van der Waals surface area contributed by atoms with E-state index in [0.29, 0.717) is 16.4 Å². The highest BCUT2D eigenvalue weighted by molar-refractivity contribution is 6.31. The summed E-state index contributed by atoms with van der Waals surface area (Å²) in [7, 11) is 1.86. The van der Waals surface area contributed by atoms with Gasteiger partial charge >= 0.3 is 0 Å². The molecule has 2 N–H and O–H groups in total. The molecule has 7 nitrogen and oxygen atoms in total. The molecule has 0 aliphatic rings. The Labute approximate surface area is 159 Å². The molecule has 4 rings (SSSR count). The molecule has 2 aromatic heterocycles. The van der Waals surface area contributed by atoms with E-state index in [1.165, 1.54) is 6.07 Å². The highest BCUT2D eigenvalue weighted by Gasteiger charge is 2.10. The molecule has 0 radical (unpaired) electrons. The Kier molecular flexibility index (Phi) is 4.32. The Morgan fingerprint density at radius 3 is 2.59 bits per heavy atom. The van der Waals surface area contributed by atoms with Gasteiger partial charge in [-0.05, 0) is 46.8 Å². The van der Waals surface area contributed by atoms with E-state index in [1.54, 1.807) is 23.0 Å². The number of nitrogens with one attached hydrogen (secondary N) is 1. The second-order valence-electron chi connectivity index (χ2n) is 5.83. The first kappa shape index (κ1) is 16.8. The number of aryl methyl sites for hydroxylation is 1.